The van der Waals surface area contributed by atoms with Gasteiger partial charge in [0.05, 0.1) is 35.1 Å². The molecule has 0 saturated heterocycles. The molecule has 9 heteroatoms. The van der Waals surface area contributed by atoms with Gasteiger partial charge < -0.3 is 25.0 Å². The molecule has 0 radical (unpaired) electrons. The van der Waals surface area contributed by atoms with Gasteiger partial charge in [0.2, 0.25) is 5.91 Å². The van der Waals surface area contributed by atoms with Gasteiger partial charge >= 0.3 is 0 Å². The van der Waals surface area contributed by atoms with Gasteiger partial charge in [-0.05, 0) is 95.7 Å². The highest BCUT2D eigenvalue weighted by Crippen LogP contribution is 2.37. The van der Waals surface area contributed by atoms with Crippen LogP contribution in [0.25, 0.3) is 10.9 Å². The fraction of sp³-hybridized carbons (Fsp3) is 0.438. The topological polar surface area (TPSA) is 112 Å². The van der Waals surface area contributed by atoms with Crippen molar-refractivity contribution in [3.63, 3.8) is 0 Å². The number of hydrogen-bond donors (Lipinski definition) is 2. The van der Waals surface area contributed by atoms with Crippen molar-refractivity contribution >= 4 is 40.1 Å². The number of nitrogens with zero attached hydrogens (tertiary/aromatic N) is 4. The van der Waals surface area contributed by atoms with E-state index in [9.17, 15) is 10.1 Å². The Morgan fingerprint density at radius 2 is 2.02 bits per heavy atom. The van der Waals surface area contributed by atoms with Crippen LogP contribution in [-0.2, 0) is 4.79 Å². The van der Waals surface area contributed by atoms with Crippen LogP contribution < -0.4 is 20.1 Å². The molecule has 0 bridgehead atoms. The molecular weight excluding hydrogens is 516 g/mol. The van der Waals surface area contributed by atoms with Crippen LogP contribution in [0, 0.1) is 24.2 Å². The Morgan fingerprint density at radius 1 is 1.20 bits per heavy atom. The molecule has 0 fully saturated rings. The molecule has 9 nitrogen and oxygen atoms in total. The van der Waals surface area contributed by atoms with Gasteiger partial charge in [-0.2, -0.15) is 5.26 Å². The zero-order valence-electron chi connectivity index (χ0n) is 24.7. The largest absolute Gasteiger partial charge is 0.492 e. The monoisotopic (exact) mass is 556 g/mol. The fourth-order valence-corrected chi connectivity index (χ4v) is 4.86. The van der Waals surface area contributed by atoms with E-state index in [0.717, 1.165) is 42.8 Å². The standard InChI is InChI=1S/C32H40N6O3/c1-6-40-30-17-27-25(16-28(30)36-31(39)10-8-14-38(4)5)32(23(18-33)19-35-27)37-26-12-11-24(15-22(26)3)41-20-29-21(2)9-7-13-34-29/h11-13,15-17,19,21,29H,6-10,14,20H2,1-5H3,(H,35,37)(H,36,39). The normalized spacial score (nSPS) is 16.4. The van der Waals surface area contributed by atoms with Gasteiger partial charge in [-0.15, -0.1) is 0 Å². The third-order valence-electron chi connectivity index (χ3n) is 7.26. The first-order valence-corrected chi connectivity index (χ1v) is 14.2. The number of nitrogens with one attached hydrogen (secondary N) is 2. The summed E-state index contributed by atoms with van der Waals surface area (Å²) in [7, 11) is 3.97. The van der Waals surface area contributed by atoms with Gasteiger partial charge in [0.15, 0.2) is 0 Å². The van der Waals surface area contributed by atoms with Crippen LogP contribution in [0.2, 0.25) is 0 Å². The lowest BCUT2D eigenvalue weighted by Gasteiger charge is -2.23. The average Bonchev–Trinajstić information content (AvgIpc) is 2.94. The molecule has 1 amide bonds. The van der Waals surface area contributed by atoms with Crippen LogP contribution in [0.1, 0.15) is 50.7 Å². The van der Waals surface area contributed by atoms with Gasteiger partial charge in [-0.25, -0.2) is 0 Å². The van der Waals surface area contributed by atoms with E-state index < -0.39 is 0 Å². The summed E-state index contributed by atoms with van der Waals surface area (Å²) in [6, 6.07) is 11.9. The highest BCUT2D eigenvalue weighted by Gasteiger charge is 2.20. The van der Waals surface area contributed by atoms with E-state index in [-0.39, 0.29) is 11.9 Å². The average molecular weight is 557 g/mol. The minimum absolute atomic E-state index is 0.0918. The van der Waals surface area contributed by atoms with E-state index in [4.69, 9.17) is 9.47 Å². The van der Waals surface area contributed by atoms with E-state index in [1.54, 1.807) is 12.3 Å². The number of amides is 1. The number of carbonyl (C=O) groups is 1. The third kappa shape index (κ3) is 7.74. The Morgan fingerprint density at radius 3 is 2.73 bits per heavy atom. The molecule has 0 saturated carbocycles. The van der Waals surface area contributed by atoms with Crippen LogP contribution in [0.4, 0.5) is 17.1 Å². The lowest BCUT2D eigenvalue weighted by molar-refractivity contribution is -0.116. The first-order chi connectivity index (χ1) is 19.8. The lowest BCUT2D eigenvalue weighted by atomic mass is 9.95. The number of carbonyl (C=O) groups excluding carboxylic acids is 1. The molecule has 2 N–H and O–H groups in total. The summed E-state index contributed by atoms with van der Waals surface area (Å²) in [6.07, 6.45) is 6.85. The number of fused-ring (bicyclic) bond motifs is 1. The van der Waals surface area contributed by atoms with Gasteiger partial charge in [-0.1, -0.05) is 6.92 Å². The zero-order chi connectivity index (χ0) is 29.4. The van der Waals surface area contributed by atoms with Gasteiger partial charge in [-0.3, -0.25) is 14.8 Å². The van der Waals surface area contributed by atoms with E-state index >= 15 is 0 Å². The second-order valence-corrected chi connectivity index (χ2v) is 10.8. The van der Waals surface area contributed by atoms with Crippen molar-refractivity contribution in [2.45, 2.75) is 52.5 Å². The van der Waals surface area contributed by atoms with Crippen LogP contribution in [-0.4, -0.2) is 61.9 Å². The number of nitriles is 1. The Balaban J connectivity index is 1.60. The predicted molar refractivity (Wildman–Crippen MR) is 165 cm³/mol. The quantitative estimate of drug-likeness (QED) is 0.278. The first kappa shape index (κ1) is 29.8. The maximum Gasteiger partial charge on any atom is 0.224 e. The number of aromatic nitrogens is 1. The van der Waals surface area contributed by atoms with Crippen LogP contribution in [0.5, 0.6) is 11.5 Å². The summed E-state index contributed by atoms with van der Waals surface area (Å²) in [4.78, 5) is 23.9. The molecule has 2 aromatic carbocycles. The number of ether oxygens (including phenoxy) is 2. The molecule has 0 aliphatic carbocycles. The Labute approximate surface area is 242 Å². The van der Waals surface area contributed by atoms with Crippen molar-refractivity contribution in [1.29, 1.82) is 5.26 Å². The van der Waals surface area contributed by atoms with Crippen LogP contribution >= 0.6 is 0 Å². The van der Waals surface area contributed by atoms with Gasteiger partial charge in [0, 0.05) is 29.8 Å². The van der Waals surface area contributed by atoms with Crippen molar-refractivity contribution in [3.05, 3.63) is 47.7 Å². The summed E-state index contributed by atoms with van der Waals surface area (Å²) >= 11 is 0. The van der Waals surface area contributed by atoms with E-state index in [1.165, 1.54) is 0 Å². The number of rotatable bonds is 12. The molecule has 3 aromatic rings. The highest BCUT2D eigenvalue weighted by atomic mass is 16.5. The van der Waals surface area contributed by atoms with Crippen LogP contribution in [0.15, 0.2) is 41.5 Å². The highest BCUT2D eigenvalue weighted by molar-refractivity contribution is 6.02. The summed E-state index contributed by atoms with van der Waals surface area (Å²) in [5.74, 6) is 1.73. The SMILES string of the molecule is CCOc1cc2ncc(C#N)c(Nc3ccc(OCC4N=CCCC4C)cc3C)c2cc1NC(=O)CCCN(C)C. The Kier molecular flexibility index (Phi) is 10.1. The van der Waals surface area contributed by atoms with Crippen LogP contribution in [0.3, 0.4) is 0 Å². The number of hydrogen-bond acceptors (Lipinski definition) is 8. The molecule has 0 spiro atoms. The molecule has 1 aliphatic heterocycles. The van der Waals surface area contributed by atoms with Crippen molar-refractivity contribution in [2.24, 2.45) is 10.9 Å². The van der Waals surface area contributed by atoms with E-state index in [0.29, 0.717) is 59.1 Å². The minimum atomic E-state index is -0.0918. The minimum Gasteiger partial charge on any atom is -0.492 e. The molecule has 41 heavy (non-hydrogen) atoms. The van der Waals surface area contributed by atoms with Crippen molar-refractivity contribution in [2.75, 3.05) is 44.5 Å². The number of anilines is 3. The maximum absolute atomic E-state index is 12.7. The molecule has 2 heterocycles. The zero-order valence-corrected chi connectivity index (χ0v) is 24.7. The number of benzene rings is 2. The maximum atomic E-state index is 12.7. The molecule has 1 aliphatic rings. The summed E-state index contributed by atoms with van der Waals surface area (Å²) in [6.45, 7) is 7.92. The summed E-state index contributed by atoms with van der Waals surface area (Å²) in [5, 5.41) is 17.1. The second-order valence-electron chi connectivity index (χ2n) is 10.8. The third-order valence-corrected chi connectivity index (χ3v) is 7.26. The Bertz CT molecular complexity index is 1450. The molecule has 1 aromatic heterocycles. The molecule has 2 atom stereocenters. The first-order valence-electron chi connectivity index (χ1n) is 14.2. The van der Waals surface area contributed by atoms with Gasteiger partial charge in [0.1, 0.15) is 24.2 Å². The molecular formula is C32H40N6O3. The lowest BCUT2D eigenvalue weighted by Crippen LogP contribution is -2.26. The van der Waals surface area contributed by atoms with E-state index in [2.05, 4.69) is 38.5 Å². The molecule has 4 rings (SSSR count). The predicted octanol–water partition coefficient (Wildman–Crippen LogP) is 6.09. The Hall–Kier alpha value is -4.16. The van der Waals surface area contributed by atoms with Crippen molar-refractivity contribution in [3.8, 4) is 17.6 Å². The van der Waals surface area contributed by atoms with Gasteiger partial charge in [0.25, 0.3) is 0 Å². The van der Waals surface area contributed by atoms with Crippen molar-refractivity contribution < 1.29 is 14.3 Å². The number of pyridine rings is 1. The summed E-state index contributed by atoms with van der Waals surface area (Å²) < 4.78 is 11.9. The fourth-order valence-electron chi connectivity index (χ4n) is 4.86. The molecule has 2 unspecified atom stereocenters. The number of aliphatic imine (C=N–C) groups is 1. The summed E-state index contributed by atoms with van der Waals surface area (Å²) in [5.41, 5.74) is 4.03. The number of aryl methyl sites for hydroxylation is 1. The van der Waals surface area contributed by atoms with Crippen molar-refractivity contribution in [1.82, 2.24) is 9.88 Å². The second kappa shape index (κ2) is 14.0. The van der Waals surface area contributed by atoms with E-state index in [1.807, 2.05) is 58.4 Å². The molecule has 216 valence electrons. The smallest absolute Gasteiger partial charge is 0.224 e.